The number of carboxylic acids is 1. The zero-order valence-corrected chi connectivity index (χ0v) is 19.1. The molecule has 0 saturated heterocycles. The van der Waals surface area contributed by atoms with E-state index >= 15 is 0 Å². The lowest BCUT2D eigenvalue weighted by atomic mass is 10.0. The number of anilines is 1. The third kappa shape index (κ3) is 9.78. The standard InChI is InChI=1S/C22H33N3O7/c1-13(2)18(25-21(31)32-22(3,4)5)20(30)24-16(10-11-17(27)28)19(29)23-15-8-6-14(12-26)7-9-15/h6-9,13,16,18,26H,10-12H2,1-5H3,(H,23,29)(H,24,30)(H,25,31)(H,27,28)/t16-,18-/m0/s1. The first-order chi connectivity index (χ1) is 14.8. The Bertz CT molecular complexity index is 801. The van der Waals surface area contributed by atoms with Gasteiger partial charge < -0.3 is 30.9 Å². The van der Waals surface area contributed by atoms with Gasteiger partial charge in [-0.1, -0.05) is 26.0 Å². The zero-order valence-electron chi connectivity index (χ0n) is 19.1. The number of benzene rings is 1. The fourth-order valence-electron chi connectivity index (χ4n) is 2.69. The number of ether oxygens (including phenoxy) is 1. The van der Waals surface area contributed by atoms with Crippen molar-refractivity contribution in [3.8, 4) is 0 Å². The van der Waals surface area contributed by atoms with Gasteiger partial charge in [-0.15, -0.1) is 0 Å². The van der Waals surface area contributed by atoms with Crippen LogP contribution < -0.4 is 16.0 Å². The molecule has 178 valence electrons. The summed E-state index contributed by atoms with van der Waals surface area (Å²) >= 11 is 0. The van der Waals surface area contributed by atoms with Gasteiger partial charge in [0, 0.05) is 12.1 Å². The third-order valence-electron chi connectivity index (χ3n) is 4.31. The Morgan fingerprint density at radius 1 is 1.00 bits per heavy atom. The van der Waals surface area contributed by atoms with Crippen LogP contribution in [0.25, 0.3) is 0 Å². The summed E-state index contributed by atoms with van der Waals surface area (Å²) in [4.78, 5) is 48.7. The molecule has 1 aromatic rings. The van der Waals surface area contributed by atoms with Crippen LogP contribution in [-0.2, 0) is 25.7 Å². The molecule has 3 amide bonds. The number of alkyl carbamates (subject to hydrolysis) is 1. The van der Waals surface area contributed by atoms with E-state index in [9.17, 15) is 19.2 Å². The van der Waals surface area contributed by atoms with Crippen LogP contribution in [0.15, 0.2) is 24.3 Å². The van der Waals surface area contributed by atoms with Gasteiger partial charge in [0.1, 0.15) is 17.7 Å². The van der Waals surface area contributed by atoms with Crippen LogP contribution >= 0.6 is 0 Å². The highest BCUT2D eigenvalue weighted by Gasteiger charge is 2.30. The fraction of sp³-hybridized carbons (Fsp3) is 0.545. The number of aliphatic carboxylic acids is 1. The molecule has 1 rings (SSSR count). The number of carboxylic acid groups (broad SMARTS) is 1. The molecule has 0 radical (unpaired) electrons. The summed E-state index contributed by atoms with van der Waals surface area (Å²) < 4.78 is 5.19. The largest absolute Gasteiger partial charge is 0.481 e. The number of nitrogens with one attached hydrogen (secondary N) is 3. The van der Waals surface area contributed by atoms with Gasteiger partial charge in [-0.05, 0) is 50.8 Å². The van der Waals surface area contributed by atoms with Gasteiger partial charge in [0.25, 0.3) is 0 Å². The molecule has 0 aromatic heterocycles. The predicted molar refractivity (Wildman–Crippen MR) is 118 cm³/mol. The minimum Gasteiger partial charge on any atom is -0.481 e. The average molecular weight is 452 g/mol. The molecule has 0 aliphatic carbocycles. The first kappa shape index (κ1) is 26.9. The average Bonchev–Trinajstić information content (AvgIpc) is 2.67. The van der Waals surface area contributed by atoms with Crippen LogP contribution in [0.1, 0.15) is 53.0 Å². The molecule has 5 N–H and O–H groups in total. The van der Waals surface area contributed by atoms with Crippen LogP contribution in [-0.4, -0.2) is 51.8 Å². The lowest BCUT2D eigenvalue weighted by Gasteiger charge is -2.27. The van der Waals surface area contributed by atoms with E-state index < -0.39 is 41.6 Å². The first-order valence-electron chi connectivity index (χ1n) is 10.3. The summed E-state index contributed by atoms with van der Waals surface area (Å²) in [6.45, 7) is 8.36. The Hall–Kier alpha value is -3.14. The van der Waals surface area contributed by atoms with E-state index in [0.717, 1.165) is 0 Å². The van der Waals surface area contributed by atoms with E-state index in [-0.39, 0.29) is 25.4 Å². The van der Waals surface area contributed by atoms with Crippen molar-refractivity contribution in [2.24, 2.45) is 5.92 Å². The van der Waals surface area contributed by atoms with Gasteiger partial charge >= 0.3 is 12.1 Å². The van der Waals surface area contributed by atoms with E-state index in [4.69, 9.17) is 14.9 Å². The zero-order chi connectivity index (χ0) is 24.5. The summed E-state index contributed by atoms with van der Waals surface area (Å²) in [6, 6.07) is 4.28. The maximum absolute atomic E-state index is 12.8. The summed E-state index contributed by atoms with van der Waals surface area (Å²) in [5.74, 6) is -2.67. The summed E-state index contributed by atoms with van der Waals surface area (Å²) in [7, 11) is 0. The normalized spacial score (nSPS) is 13.1. The number of aliphatic hydroxyl groups excluding tert-OH is 1. The molecule has 10 heteroatoms. The second kappa shape index (κ2) is 12.0. The van der Waals surface area contributed by atoms with E-state index in [1.807, 2.05) is 0 Å². The van der Waals surface area contributed by atoms with E-state index in [1.165, 1.54) is 0 Å². The van der Waals surface area contributed by atoms with Crippen LogP contribution in [0.4, 0.5) is 10.5 Å². The number of carbonyl (C=O) groups excluding carboxylic acids is 3. The fourth-order valence-corrected chi connectivity index (χ4v) is 2.69. The van der Waals surface area contributed by atoms with E-state index in [0.29, 0.717) is 11.3 Å². The lowest BCUT2D eigenvalue weighted by Crippen LogP contribution is -2.55. The van der Waals surface area contributed by atoms with Crippen molar-refractivity contribution in [2.75, 3.05) is 5.32 Å². The van der Waals surface area contributed by atoms with Gasteiger partial charge in [0.15, 0.2) is 0 Å². The first-order valence-corrected chi connectivity index (χ1v) is 10.3. The summed E-state index contributed by atoms with van der Waals surface area (Å²) in [5.41, 5.74) is 0.332. The lowest BCUT2D eigenvalue weighted by molar-refractivity contribution is -0.137. The molecule has 0 heterocycles. The highest BCUT2D eigenvalue weighted by atomic mass is 16.6. The van der Waals surface area contributed by atoms with Gasteiger partial charge in [-0.3, -0.25) is 14.4 Å². The maximum Gasteiger partial charge on any atom is 0.408 e. The number of amides is 3. The molecular weight excluding hydrogens is 418 g/mol. The van der Waals surface area contributed by atoms with Crippen LogP contribution in [0, 0.1) is 5.92 Å². The molecular formula is C22H33N3O7. The maximum atomic E-state index is 12.8. The number of aliphatic hydroxyl groups is 1. The van der Waals surface area contributed by atoms with Crippen molar-refractivity contribution in [1.29, 1.82) is 0 Å². The van der Waals surface area contributed by atoms with Gasteiger partial charge in [-0.2, -0.15) is 0 Å². The number of rotatable bonds is 10. The van der Waals surface area contributed by atoms with Crippen molar-refractivity contribution in [3.63, 3.8) is 0 Å². The molecule has 1 aromatic carbocycles. The van der Waals surface area contributed by atoms with Crippen molar-refractivity contribution in [1.82, 2.24) is 10.6 Å². The number of hydrogen-bond donors (Lipinski definition) is 5. The third-order valence-corrected chi connectivity index (χ3v) is 4.31. The second-order valence-electron chi connectivity index (χ2n) is 8.71. The molecule has 0 unspecified atom stereocenters. The molecule has 32 heavy (non-hydrogen) atoms. The van der Waals surface area contributed by atoms with Gasteiger partial charge in [0.2, 0.25) is 11.8 Å². The molecule has 0 saturated carbocycles. The molecule has 0 fully saturated rings. The number of hydrogen-bond acceptors (Lipinski definition) is 6. The Morgan fingerprint density at radius 3 is 2.06 bits per heavy atom. The highest BCUT2D eigenvalue weighted by molar-refractivity contribution is 5.98. The van der Waals surface area contributed by atoms with Crippen LogP contribution in [0.5, 0.6) is 0 Å². The van der Waals surface area contributed by atoms with Gasteiger partial charge in [0.05, 0.1) is 6.61 Å². The summed E-state index contributed by atoms with van der Waals surface area (Å²) in [6.07, 6.45) is -1.26. The smallest absolute Gasteiger partial charge is 0.408 e. The predicted octanol–water partition coefficient (Wildman–Crippen LogP) is 2.02. The van der Waals surface area contributed by atoms with Crippen LogP contribution in [0.3, 0.4) is 0 Å². The minimum atomic E-state index is -1.14. The summed E-state index contributed by atoms with van der Waals surface area (Å²) in [5, 5.41) is 25.8. The monoisotopic (exact) mass is 451 g/mol. The van der Waals surface area contributed by atoms with Crippen molar-refractivity contribution >= 4 is 29.6 Å². The Morgan fingerprint density at radius 2 is 1.59 bits per heavy atom. The van der Waals surface area contributed by atoms with Crippen molar-refractivity contribution in [3.05, 3.63) is 29.8 Å². The quantitative estimate of drug-likeness (QED) is 0.364. The highest BCUT2D eigenvalue weighted by Crippen LogP contribution is 2.13. The van der Waals surface area contributed by atoms with Gasteiger partial charge in [-0.25, -0.2) is 4.79 Å². The molecule has 0 bridgehead atoms. The molecule has 2 atom stereocenters. The van der Waals surface area contributed by atoms with E-state index in [2.05, 4.69) is 16.0 Å². The Labute approximate surface area is 187 Å². The molecule has 10 nitrogen and oxygen atoms in total. The topological polar surface area (TPSA) is 154 Å². The van der Waals surface area contributed by atoms with Crippen molar-refractivity contribution in [2.45, 2.75) is 71.8 Å². The Balaban J connectivity index is 2.93. The molecule has 0 spiro atoms. The number of carbonyl (C=O) groups is 4. The van der Waals surface area contributed by atoms with Crippen LogP contribution in [0.2, 0.25) is 0 Å². The SMILES string of the molecule is CC(C)[C@H](NC(=O)OC(C)(C)C)C(=O)N[C@@H](CCC(=O)O)C(=O)Nc1ccc(CO)cc1. The molecule has 0 aliphatic heterocycles. The minimum absolute atomic E-state index is 0.140. The molecule has 0 aliphatic rings. The Kier molecular flexibility index (Phi) is 10.1. The van der Waals surface area contributed by atoms with E-state index in [1.54, 1.807) is 58.9 Å². The second-order valence-corrected chi connectivity index (χ2v) is 8.71. The van der Waals surface area contributed by atoms with Crippen molar-refractivity contribution < 1.29 is 34.1 Å².